The third-order valence-corrected chi connectivity index (χ3v) is 5.24. The molecule has 0 atom stereocenters. The Labute approximate surface area is 82.9 Å². The minimum atomic E-state index is 1.07. The van der Waals surface area contributed by atoms with Crippen molar-refractivity contribution in [1.82, 2.24) is 8.75 Å². The van der Waals surface area contributed by atoms with Crippen molar-refractivity contribution in [2.75, 3.05) is 0 Å². The Morgan fingerprint density at radius 1 is 0.917 bits per heavy atom. The Balaban J connectivity index is 2.71. The zero-order chi connectivity index (χ0) is 7.97. The van der Waals surface area contributed by atoms with Gasteiger partial charge in [-0.1, -0.05) is 0 Å². The van der Waals surface area contributed by atoms with E-state index < -0.39 is 0 Å². The van der Waals surface area contributed by atoms with Crippen molar-refractivity contribution in [1.29, 1.82) is 0 Å². The first-order valence-electron chi connectivity index (χ1n) is 3.21. The monoisotopic (exact) mass is 230 g/mol. The second-order valence-electron chi connectivity index (χ2n) is 2.26. The number of nitrogens with zero attached hydrogens (tertiary/aromatic N) is 2. The Hall–Kier alpha value is -0.300. The molecule has 0 spiro atoms. The van der Waals surface area contributed by atoms with E-state index in [0.29, 0.717) is 0 Å². The largest absolute Gasteiger partial charge is 0.323 e. The number of fused-ring (bicyclic) bond motifs is 3. The molecule has 0 unspecified atom stereocenters. The lowest BCUT2D eigenvalue weighted by Crippen LogP contribution is -1.69. The highest BCUT2D eigenvalue weighted by atomic mass is 32.9. The summed E-state index contributed by atoms with van der Waals surface area (Å²) in [5.41, 5.74) is 2.14. The van der Waals surface area contributed by atoms with E-state index in [4.69, 9.17) is 0 Å². The van der Waals surface area contributed by atoms with Crippen molar-refractivity contribution in [2.24, 2.45) is 0 Å². The first-order chi connectivity index (χ1) is 5.95. The topological polar surface area (TPSA) is 25.8 Å². The number of aromatic nitrogens is 2. The fraction of sp³-hybridized carbons (Fsp3) is 0. The van der Waals surface area contributed by atoms with Crippen molar-refractivity contribution in [2.45, 2.75) is 0 Å². The summed E-state index contributed by atoms with van der Waals surface area (Å²) in [7, 11) is 6.47. The molecule has 3 aromatic rings. The molecule has 0 amide bonds. The molecule has 0 aliphatic carbocycles. The minimum absolute atomic E-state index is 1.07. The van der Waals surface area contributed by atoms with Gasteiger partial charge in [0.2, 0.25) is 0 Å². The van der Waals surface area contributed by atoms with Crippen LogP contribution in [0.4, 0.5) is 0 Å². The first kappa shape index (κ1) is 7.14. The van der Waals surface area contributed by atoms with Crippen LogP contribution in [-0.4, -0.2) is 8.75 Å². The lowest BCUT2D eigenvalue weighted by molar-refractivity contribution is 1.64. The summed E-state index contributed by atoms with van der Waals surface area (Å²) in [5.74, 6) is 0. The van der Waals surface area contributed by atoms with Gasteiger partial charge in [0.1, 0.15) is 0 Å². The molecule has 0 bridgehead atoms. The molecule has 0 saturated carbocycles. The van der Waals surface area contributed by atoms with E-state index in [2.05, 4.69) is 20.9 Å². The molecule has 0 fully saturated rings. The second-order valence-corrected chi connectivity index (χ2v) is 6.03. The van der Waals surface area contributed by atoms with Gasteiger partial charge in [-0.05, 0) is 0 Å². The van der Waals surface area contributed by atoms with Gasteiger partial charge >= 0.3 is 20.7 Å². The highest BCUT2D eigenvalue weighted by molar-refractivity contribution is 7.70. The standard InChI is InChI=1S/C6H2N2S4/c1-2-4-6(8-12-10-4)5-3(1)9-11-7-5/h1-2H/q+2. The van der Waals surface area contributed by atoms with E-state index in [0.717, 1.165) is 11.0 Å². The van der Waals surface area contributed by atoms with Gasteiger partial charge in [-0.2, -0.15) is 0 Å². The zero-order valence-electron chi connectivity index (χ0n) is 5.68. The maximum atomic E-state index is 4.33. The molecule has 2 heterocycles. The van der Waals surface area contributed by atoms with E-state index in [1.807, 2.05) is 0 Å². The average Bonchev–Trinajstić information content (AvgIpc) is 2.71. The van der Waals surface area contributed by atoms with E-state index in [1.54, 1.807) is 20.7 Å². The molecule has 0 radical (unpaired) electrons. The predicted molar refractivity (Wildman–Crippen MR) is 57.4 cm³/mol. The maximum absolute atomic E-state index is 4.33. The predicted octanol–water partition coefficient (Wildman–Crippen LogP) is 3.59. The zero-order valence-corrected chi connectivity index (χ0v) is 8.95. The molecule has 0 saturated heterocycles. The number of benzene rings is 1. The summed E-state index contributed by atoms with van der Waals surface area (Å²) in [6.45, 7) is 0. The number of hydrogen-bond acceptors (Lipinski definition) is 4. The Morgan fingerprint density at radius 2 is 1.42 bits per heavy atom. The smallest absolute Gasteiger partial charge is 0.132 e. The normalized spacial score (nSPS) is 11.3. The van der Waals surface area contributed by atoms with E-state index in [9.17, 15) is 0 Å². The molecule has 2 aromatic heterocycles. The van der Waals surface area contributed by atoms with Crippen LogP contribution in [0, 0.1) is 0 Å². The summed E-state index contributed by atoms with van der Waals surface area (Å²) in [5, 5.41) is 0. The van der Waals surface area contributed by atoms with Gasteiger partial charge in [0.15, 0.2) is 11.0 Å². The van der Waals surface area contributed by atoms with E-state index in [1.165, 1.54) is 30.5 Å². The molecule has 1 aromatic carbocycles. The van der Waals surface area contributed by atoms with Gasteiger partial charge in [0, 0.05) is 12.1 Å². The van der Waals surface area contributed by atoms with Gasteiger partial charge in [-0.3, -0.25) is 0 Å². The van der Waals surface area contributed by atoms with Crippen LogP contribution in [0.2, 0.25) is 0 Å². The highest BCUT2D eigenvalue weighted by Crippen LogP contribution is 2.31. The van der Waals surface area contributed by atoms with Gasteiger partial charge in [0.25, 0.3) is 30.5 Å². The molecule has 0 aliphatic heterocycles. The lowest BCUT2D eigenvalue weighted by atomic mass is 10.3. The molecule has 0 aliphatic rings. The highest BCUT2D eigenvalue weighted by Gasteiger charge is 2.19. The third kappa shape index (κ3) is 0.891. The second kappa shape index (κ2) is 2.59. The van der Waals surface area contributed by atoms with Crippen molar-refractivity contribution >= 4 is 62.2 Å². The van der Waals surface area contributed by atoms with Gasteiger partial charge in [0.05, 0.1) is 0 Å². The van der Waals surface area contributed by atoms with Crippen LogP contribution >= 0.6 is 41.8 Å². The van der Waals surface area contributed by atoms with Crippen molar-refractivity contribution in [3.05, 3.63) is 12.1 Å². The van der Waals surface area contributed by atoms with Crippen molar-refractivity contribution < 1.29 is 0 Å². The van der Waals surface area contributed by atoms with Gasteiger partial charge in [-0.25, -0.2) is 0 Å². The fourth-order valence-electron chi connectivity index (χ4n) is 1.05. The van der Waals surface area contributed by atoms with Gasteiger partial charge in [-0.15, -0.1) is 8.75 Å². The molecular formula is C6H2N2S4+2. The first-order valence-corrected chi connectivity index (χ1v) is 7.43. The summed E-state index contributed by atoms with van der Waals surface area (Å²) in [6, 6.07) is 4.24. The summed E-state index contributed by atoms with van der Waals surface area (Å²) in [6.07, 6.45) is 0. The molecular weight excluding hydrogens is 228 g/mol. The molecule has 3 rings (SSSR count). The Morgan fingerprint density at radius 3 is 1.92 bits per heavy atom. The molecule has 0 N–H and O–H groups in total. The quantitative estimate of drug-likeness (QED) is 0.435. The number of rotatable bonds is 0. The molecule has 2 nitrogen and oxygen atoms in total. The summed E-state index contributed by atoms with van der Waals surface area (Å²) in [4.78, 5) is 0. The van der Waals surface area contributed by atoms with Gasteiger partial charge < -0.3 is 0 Å². The lowest BCUT2D eigenvalue weighted by Gasteiger charge is -1.74. The summed E-state index contributed by atoms with van der Waals surface area (Å²) < 4.78 is 11.1. The van der Waals surface area contributed by atoms with Crippen molar-refractivity contribution in [3.8, 4) is 0 Å². The van der Waals surface area contributed by atoms with Crippen LogP contribution in [0.25, 0.3) is 20.4 Å². The van der Waals surface area contributed by atoms with Crippen LogP contribution in [0.1, 0.15) is 0 Å². The summed E-state index contributed by atoms with van der Waals surface area (Å²) >= 11 is 0. The Kier molecular flexibility index (Phi) is 1.54. The molecule has 12 heavy (non-hydrogen) atoms. The van der Waals surface area contributed by atoms with Crippen LogP contribution in [0.3, 0.4) is 0 Å². The molecule has 58 valence electrons. The van der Waals surface area contributed by atoms with Crippen LogP contribution < -0.4 is 0 Å². The molecule has 6 heteroatoms. The van der Waals surface area contributed by atoms with Crippen LogP contribution in [-0.2, 0) is 0 Å². The van der Waals surface area contributed by atoms with Crippen LogP contribution in [0.5, 0.6) is 0 Å². The van der Waals surface area contributed by atoms with Crippen LogP contribution in [0.15, 0.2) is 12.1 Å². The van der Waals surface area contributed by atoms with Crippen molar-refractivity contribution in [3.63, 3.8) is 0 Å². The Bertz CT molecular complexity index is 491. The minimum Gasteiger partial charge on any atom is -0.132 e. The van der Waals surface area contributed by atoms with E-state index >= 15 is 0 Å². The maximum Gasteiger partial charge on any atom is 0.323 e. The number of hydrogen-bond donors (Lipinski definition) is 0. The SMILES string of the molecule is c1cc2[s+]snc2c2ns[s+]c12. The van der Waals surface area contributed by atoms with E-state index in [-0.39, 0.29) is 0 Å². The third-order valence-electron chi connectivity index (χ3n) is 1.59. The fourth-order valence-corrected chi connectivity index (χ4v) is 4.56. The average molecular weight is 230 g/mol.